The van der Waals surface area contributed by atoms with Crippen LogP contribution in [0.1, 0.15) is 21.1 Å². The number of carbonyl (C=O) groups is 2. The van der Waals surface area contributed by atoms with E-state index in [0.29, 0.717) is 13.2 Å². The maximum atomic E-state index is 10.7. The lowest BCUT2D eigenvalue weighted by Crippen LogP contribution is -2.25. The van der Waals surface area contributed by atoms with Gasteiger partial charge in [-0.05, 0) is 6.42 Å². The number of amides is 1. The fourth-order valence-corrected chi connectivity index (χ4v) is 0.580. The van der Waals surface area contributed by atoms with Crippen LogP contribution in [0.5, 0.6) is 0 Å². The van der Waals surface area contributed by atoms with Gasteiger partial charge in [-0.25, -0.2) is 5.48 Å². The van der Waals surface area contributed by atoms with E-state index >= 15 is 0 Å². The molecule has 0 aromatic rings. The number of rotatable bonds is 8. The predicted molar refractivity (Wildman–Crippen MR) is 45.9 cm³/mol. The minimum Gasteiger partial charge on any atom is -0.379 e. The van der Waals surface area contributed by atoms with Gasteiger partial charge in [-0.15, -0.1) is 0 Å². The van der Waals surface area contributed by atoms with E-state index in [0.717, 1.165) is 6.42 Å². The first-order valence-corrected chi connectivity index (χ1v) is 4.14. The predicted octanol–water partition coefficient (Wildman–Crippen LogP) is 0.0498. The number of aldehydes is 1. The quantitative estimate of drug-likeness (QED) is 0.254. The summed E-state index contributed by atoms with van der Waals surface area (Å²) in [4.78, 5) is 25.6. The SMILES string of the molecule is [2H]C(=O)CC(=O)NOCCOCCC. The molecule has 0 rings (SSSR count). The Bertz CT molecular complexity index is 186. The van der Waals surface area contributed by atoms with E-state index in [1.54, 1.807) is 0 Å². The molecule has 13 heavy (non-hydrogen) atoms. The van der Waals surface area contributed by atoms with E-state index in [4.69, 9.17) is 6.11 Å². The Balaban J connectivity index is 3.19. The Kier molecular flexibility index (Phi) is 7.14. The first kappa shape index (κ1) is 10.1. The first-order valence-electron chi connectivity index (χ1n) is 4.64. The summed E-state index contributed by atoms with van der Waals surface area (Å²) in [5.74, 6) is -0.611. The summed E-state index contributed by atoms with van der Waals surface area (Å²) in [5, 5.41) is 0. The Morgan fingerprint density at radius 1 is 1.54 bits per heavy atom. The molecule has 1 amide bonds. The molecule has 0 atom stereocenters. The zero-order valence-corrected chi connectivity index (χ0v) is 7.67. The molecule has 0 unspecified atom stereocenters. The second kappa shape index (κ2) is 9.15. The maximum absolute atomic E-state index is 10.7. The van der Waals surface area contributed by atoms with Crippen molar-refractivity contribution in [2.24, 2.45) is 0 Å². The molecule has 1 N–H and O–H groups in total. The van der Waals surface area contributed by atoms with E-state index in [2.05, 4.69) is 4.84 Å². The molecule has 0 aliphatic rings. The molecule has 0 fully saturated rings. The first-order chi connectivity index (χ1) is 6.66. The van der Waals surface area contributed by atoms with Gasteiger partial charge in [-0.1, -0.05) is 6.92 Å². The van der Waals surface area contributed by atoms with Crippen molar-refractivity contribution in [3.63, 3.8) is 0 Å². The minimum atomic E-state index is -0.937. The average molecular weight is 190 g/mol. The molecular formula is C8H15NO4. The third kappa shape index (κ3) is 8.97. The molecule has 0 heterocycles. The van der Waals surface area contributed by atoms with Crippen LogP contribution in [-0.4, -0.2) is 32.0 Å². The fraction of sp³-hybridized carbons (Fsp3) is 0.750. The van der Waals surface area contributed by atoms with Gasteiger partial charge in [-0.2, -0.15) is 0 Å². The molecule has 5 heteroatoms. The highest BCUT2D eigenvalue weighted by Gasteiger charge is 1.97. The second-order valence-corrected chi connectivity index (χ2v) is 2.31. The van der Waals surface area contributed by atoms with Crippen molar-refractivity contribution in [1.29, 1.82) is 0 Å². The standard InChI is InChI=1S/C8H15NO4/c1-2-5-12-6-7-13-9-8(11)3-4-10/h4H,2-3,5-7H2,1H3,(H,9,11)/i4D. The highest BCUT2D eigenvalue weighted by Crippen LogP contribution is 1.80. The van der Waals surface area contributed by atoms with Crippen molar-refractivity contribution in [3.8, 4) is 0 Å². The van der Waals surface area contributed by atoms with Crippen molar-refractivity contribution in [1.82, 2.24) is 5.48 Å². The third-order valence-corrected chi connectivity index (χ3v) is 1.10. The van der Waals surface area contributed by atoms with Crippen LogP contribution in [0.25, 0.3) is 0 Å². The minimum absolute atomic E-state index is 0.234. The topological polar surface area (TPSA) is 64.6 Å². The van der Waals surface area contributed by atoms with Crippen LogP contribution >= 0.6 is 0 Å². The molecule has 0 saturated heterocycles. The Morgan fingerprint density at radius 3 is 2.92 bits per heavy atom. The van der Waals surface area contributed by atoms with Gasteiger partial charge >= 0.3 is 0 Å². The van der Waals surface area contributed by atoms with Crippen LogP contribution in [0.15, 0.2) is 0 Å². The average Bonchev–Trinajstić information content (AvgIpc) is 2.10. The van der Waals surface area contributed by atoms with Crippen molar-refractivity contribution < 1.29 is 20.5 Å². The number of nitrogens with one attached hydrogen (secondary N) is 1. The smallest absolute Gasteiger partial charge is 0.250 e. The summed E-state index contributed by atoms with van der Waals surface area (Å²) in [5.41, 5.74) is 2.03. The van der Waals surface area contributed by atoms with E-state index in [-0.39, 0.29) is 6.61 Å². The van der Waals surface area contributed by atoms with Gasteiger partial charge in [-0.3, -0.25) is 9.63 Å². The van der Waals surface area contributed by atoms with Gasteiger partial charge in [0.25, 0.3) is 5.91 Å². The van der Waals surface area contributed by atoms with Crippen molar-refractivity contribution >= 4 is 12.2 Å². The van der Waals surface area contributed by atoms with E-state index < -0.39 is 18.6 Å². The third-order valence-electron chi connectivity index (χ3n) is 1.10. The monoisotopic (exact) mass is 190 g/mol. The van der Waals surface area contributed by atoms with Crippen LogP contribution in [0, 0.1) is 0 Å². The molecule has 0 aliphatic heterocycles. The summed E-state index contributed by atoms with van der Waals surface area (Å²) in [6.45, 7) is 3.27. The Morgan fingerprint density at radius 2 is 2.31 bits per heavy atom. The molecule has 0 radical (unpaired) electrons. The maximum Gasteiger partial charge on any atom is 0.250 e. The van der Waals surface area contributed by atoms with Gasteiger partial charge < -0.3 is 9.53 Å². The number of hydroxylamine groups is 1. The normalized spacial score (nSPS) is 10.7. The summed E-state index contributed by atoms with van der Waals surface area (Å²) < 4.78 is 11.6. The summed E-state index contributed by atoms with van der Waals surface area (Å²) in [7, 11) is 0. The van der Waals surface area contributed by atoms with Gasteiger partial charge in [0, 0.05) is 6.61 Å². The number of carbonyl (C=O) groups excluding carboxylic acids is 2. The summed E-state index contributed by atoms with van der Waals surface area (Å²) in [6.07, 6.45) is -0.483. The van der Waals surface area contributed by atoms with Crippen LogP contribution in [0.2, 0.25) is 0 Å². The molecule has 0 aromatic heterocycles. The largest absolute Gasteiger partial charge is 0.379 e. The van der Waals surface area contributed by atoms with Crippen molar-refractivity contribution in [2.75, 3.05) is 19.8 Å². The van der Waals surface area contributed by atoms with Crippen molar-refractivity contribution in [2.45, 2.75) is 19.8 Å². The number of ether oxygens (including phenoxy) is 1. The van der Waals surface area contributed by atoms with Crippen LogP contribution in [0.3, 0.4) is 0 Å². The number of hydrogen-bond donors (Lipinski definition) is 1. The lowest BCUT2D eigenvalue weighted by Gasteiger charge is -2.04. The lowest BCUT2D eigenvalue weighted by atomic mass is 10.5. The Labute approximate surface area is 78.8 Å². The second-order valence-electron chi connectivity index (χ2n) is 2.31. The van der Waals surface area contributed by atoms with Crippen molar-refractivity contribution in [3.05, 3.63) is 0 Å². The van der Waals surface area contributed by atoms with Gasteiger partial charge in [0.2, 0.25) is 0 Å². The molecule has 0 saturated carbocycles. The molecule has 0 bridgehead atoms. The molecule has 76 valence electrons. The molecule has 0 aromatic carbocycles. The van der Waals surface area contributed by atoms with E-state index in [1.165, 1.54) is 0 Å². The zero-order chi connectivity index (χ0) is 10.8. The Hall–Kier alpha value is -0.940. The lowest BCUT2D eigenvalue weighted by molar-refractivity contribution is -0.136. The molecule has 0 spiro atoms. The van der Waals surface area contributed by atoms with Gasteiger partial charge in [0.05, 0.1) is 19.6 Å². The molecule has 5 nitrogen and oxygen atoms in total. The van der Waals surface area contributed by atoms with Gasteiger partial charge in [0.1, 0.15) is 7.63 Å². The molecular weight excluding hydrogens is 174 g/mol. The number of hydrogen-bond acceptors (Lipinski definition) is 4. The van der Waals surface area contributed by atoms with Crippen LogP contribution < -0.4 is 5.48 Å². The van der Waals surface area contributed by atoms with E-state index in [9.17, 15) is 9.59 Å². The summed E-state index contributed by atoms with van der Waals surface area (Å²) >= 11 is 0. The van der Waals surface area contributed by atoms with Gasteiger partial charge in [0.15, 0.2) is 0 Å². The van der Waals surface area contributed by atoms with E-state index in [1.807, 2.05) is 12.4 Å². The molecule has 0 aliphatic carbocycles. The highest BCUT2D eigenvalue weighted by molar-refractivity contribution is 5.87. The summed E-state index contributed by atoms with van der Waals surface area (Å²) in [6, 6.07) is 0. The van der Waals surface area contributed by atoms with Crippen LogP contribution in [0.4, 0.5) is 0 Å². The fourth-order valence-electron chi connectivity index (χ4n) is 0.580. The zero-order valence-electron chi connectivity index (χ0n) is 8.67. The van der Waals surface area contributed by atoms with Crippen LogP contribution in [-0.2, 0) is 19.2 Å². The highest BCUT2D eigenvalue weighted by atomic mass is 16.7.